The highest BCUT2D eigenvalue weighted by molar-refractivity contribution is 5.78. The van der Waals surface area contributed by atoms with Crippen molar-refractivity contribution in [2.45, 2.75) is 27.2 Å². The molecule has 106 valence electrons. The molecule has 0 rings (SSSR count). The molecule has 0 fully saturated rings. The minimum Gasteiger partial charge on any atom is -0.480 e. The summed E-state index contributed by atoms with van der Waals surface area (Å²) in [6.07, 6.45) is 0.714. The SMILES string of the molecule is CC(C)(C)CC(CN)C(=O)NCCOCC(=O)O. The smallest absolute Gasteiger partial charge is 0.329 e. The van der Waals surface area contributed by atoms with Gasteiger partial charge in [-0.3, -0.25) is 4.79 Å². The molecule has 0 aliphatic heterocycles. The van der Waals surface area contributed by atoms with Gasteiger partial charge in [0.15, 0.2) is 0 Å². The van der Waals surface area contributed by atoms with E-state index in [1.807, 2.05) is 0 Å². The molecule has 0 heterocycles. The molecule has 0 saturated carbocycles. The number of carboxylic acid groups (broad SMARTS) is 1. The first-order valence-corrected chi connectivity index (χ1v) is 6.03. The zero-order chi connectivity index (χ0) is 14.2. The van der Waals surface area contributed by atoms with E-state index in [4.69, 9.17) is 15.6 Å². The van der Waals surface area contributed by atoms with Gasteiger partial charge in [0.05, 0.1) is 12.5 Å². The molecule has 0 radical (unpaired) electrons. The monoisotopic (exact) mass is 260 g/mol. The highest BCUT2D eigenvalue weighted by Crippen LogP contribution is 2.23. The predicted octanol–water partition coefficient (Wildman–Crippen LogP) is 0.215. The zero-order valence-electron chi connectivity index (χ0n) is 11.4. The number of rotatable bonds is 8. The van der Waals surface area contributed by atoms with Gasteiger partial charge in [0.2, 0.25) is 5.91 Å². The van der Waals surface area contributed by atoms with Gasteiger partial charge in [0.1, 0.15) is 6.61 Å². The van der Waals surface area contributed by atoms with Crippen LogP contribution in [0.15, 0.2) is 0 Å². The maximum atomic E-state index is 11.8. The number of nitrogens with two attached hydrogens (primary N) is 1. The molecule has 4 N–H and O–H groups in total. The first-order valence-electron chi connectivity index (χ1n) is 6.03. The van der Waals surface area contributed by atoms with E-state index in [0.29, 0.717) is 19.5 Å². The van der Waals surface area contributed by atoms with E-state index in [9.17, 15) is 9.59 Å². The van der Waals surface area contributed by atoms with Gasteiger partial charge in [-0.05, 0) is 11.8 Å². The van der Waals surface area contributed by atoms with Crippen LogP contribution in [-0.4, -0.2) is 43.3 Å². The lowest BCUT2D eigenvalue weighted by molar-refractivity contribution is -0.142. The number of nitrogens with one attached hydrogen (secondary N) is 1. The highest BCUT2D eigenvalue weighted by Gasteiger charge is 2.23. The summed E-state index contributed by atoms with van der Waals surface area (Å²) in [6, 6.07) is 0. The normalized spacial score (nSPS) is 13.1. The summed E-state index contributed by atoms with van der Waals surface area (Å²) in [5.74, 6) is -1.34. The summed E-state index contributed by atoms with van der Waals surface area (Å²) in [6.45, 7) is 6.60. The molecule has 0 aliphatic rings. The Morgan fingerprint density at radius 1 is 1.39 bits per heavy atom. The second-order valence-electron chi connectivity index (χ2n) is 5.43. The van der Waals surface area contributed by atoms with Crippen LogP contribution in [0.4, 0.5) is 0 Å². The molecular formula is C12H24N2O4. The van der Waals surface area contributed by atoms with Crippen LogP contribution in [0.5, 0.6) is 0 Å². The van der Waals surface area contributed by atoms with E-state index in [-0.39, 0.29) is 30.5 Å². The lowest BCUT2D eigenvalue weighted by atomic mass is 9.84. The van der Waals surface area contributed by atoms with Crippen LogP contribution in [0.3, 0.4) is 0 Å². The second-order valence-corrected chi connectivity index (χ2v) is 5.43. The number of carbonyl (C=O) groups is 2. The van der Waals surface area contributed by atoms with Gasteiger partial charge in [-0.2, -0.15) is 0 Å². The molecule has 0 aliphatic carbocycles. The first-order chi connectivity index (χ1) is 8.26. The van der Waals surface area contributed by atoms with E-state index in [1.54, 1.807) is 0 Å². The van der Waals surface area contributed by atoms with Crippen LogP contribution >= 0.6 is 0 Å². The van der Waals surface area contributed by atoms with Gasteiger partial charge < -0.3 is 20.9 Å². The topological polar surface area (TPSA) is 102 Å². The molecule has 1 unspecified atom stereocenters. The number of aliphatic carboxylic acids is 1. The van der Waals surface area contributed by atoms with Gasteiger partial charge in [-0.1, -0.05) is 20.8 Å². The van der Waals surface area contributed by atoms with E-state index in [2.05, 4.69) is 26.1 Å². The molecule has 0 saturated heterocycles. The van der Waals surface area contributed by atoms with E-state index in [0.717, 1.165) is 0 Å². The molecule has 0 spiro atoms. The van der Waals surface area contributed by atoms with Gasteiger partial charge in [-0.25, -0.2) is 4.79 Å². The molecule has 6 heteroatoms. The quantitative estimate of drug-likeness (QED) is 0.542. The minimum atomic E-state index is -1.02. The summed E-state index contributed by atoms with van der Waals surface area (Å²) in [5, 5.41) is 11.0. The largest absolute Gasteiger partial charge is 0.480 e. The van der Waals surface area contributed by atoms with Crippen molar-refractivity contribution in [2.24, 2.45) is 17.1 Å². The van der Waals surface area contributed by atoms with E-state index < -0.39 is 5.97 Å². The number of hydrogen-bond acceptors (Lipinski definition) is 4. The highest BCUT2D eigenvalue weighted by atomic mass is 16.5. The molecular weight excluding hydrogens is 236 g/mol. The number of hydrogen-bond donors (Lipinski definition) is 3. The molecule has 1 amide bonds. The Bertz CT molecular complexity index is 274. The number of ether oxygens (including phenoxy) is 1. The van der Waals surface area contributed by atoms with Gasteiger partial charge in [0, 0.05) is 13.1 Å². The fourth-order valence-corrected chi connectivity index (χ4v) is 1.57. The fourth-order valence-electron chi connectivity index (χ4n) is 1.57. The minimum absolute atomic E-state index is 0.0428. The van der Waals surface area contributed by atoms with Crippen molar-refractivity contribution in [2.75, 3.05) is 26.3 Å². The van der Waals surface area contributed by atoms with Crippen molar-refractivity contribution in [3.63, 3.8) is 0 Å². The Balaban J connectivity index is 3.88. The fraction of sp³-hybridized carbons (Fsp3) is 0.833. The Kier molecular flexibility index (Phi) is 7.54. The van der Waals surface area contributed by atoms with Crippen molar-refractivity contribution in [1.82, 2.24) is 5.32 Å². The third-order valence-electron chi connectivity index (χ3n) is 2.29. The number of carboxylic acids is 1. The van der Waals surface area contributed by atoms with Crippen LogP contribution in [0.2, 0.25) is 0 Å². The maximum Gasteiger partial charge on any atom is 0.329 e. The standard InChI is InChI=1S/C12H24N2O4/c1-12(2,3)6-9(7-13)11(17)14-4-5-18-8-10(15)16/h9H,4-8,13H2,1-3H3,(H,14,17)(H,15,16). The molecule has 6 nitrogen and oxygen atoms in total. The van der Waals surface area contributed by atoms with Crippen molar-refractivity contribution < 1.29 is 19.4 Å². The first kappa shape index (κ1) is 16.9. The summed E-state index contributed by atoms with van der Waals surface area (Å²) < 4.78 is 4.81. The van der Waals surface area contributed by atoms with E-state index >= 15 is 0 Å². The third-order valence-corrected chi connectivity index (χ3v) is 2.29. The van der Waals surface area contributed by atoms with Crippen LogP contribution in [0.25, 0.3) is 0 Å². The number of carbonyl (C=O) groups excluding carboxylic acids is 1. The molecule has 0 aromatic carbocycles. The maximum absolute atomic E-state index is 11.8. The average molecular weight is 260 g/mol. The molecule has 18 heavy (non-hydrogen) atoms. The average Bonchev–Trinajstić information content (AvgIpc) is 2.23. The summed E-state index contributed by atoms with van der Waals surface area (Å²) in [5.41, 5.74) is 5.62. The summed E-state index contributed by atoms with van der Waals surface area (Å²) in [7, 11) is 0. The van der Waals surface area contributed by atoms with Crippen LogP contribution in [-0.2, 0) is 14.3 Å². The summed E-state index contributed by atoms with van der Waals surface area (Å²) >= 11 is 0. The van der Waals surface area contributed by atoms with Gasteiger partial charge >= 0.3 is 5.97 Å². The Morgan fingerprint density at radius 2 is 2.00 bits per heavy atom. The van der Waals surface area contributed by atoms with Gasteiger partial charge in [-0.15, -0.1) is 0 Å². The molecule has 1 atom stereocenters. The van der Waals surface area contributed by atoms with Crippen molar-refractivity contribution in [3.05, 3.63) is 0 Å². The lowest BCUT2D eigenvalue weighted by Crippen LogP contribution is -2.38. The predicted molar refractivity (Wildman–Crippen MR) is 68.1 cm³/mol. The number of amides is 1. The van der Waals surface area contributed by atoms with Crippen LogP contribution in [0, 0.1) is 11.3 Å². The Morgan fingerprint density at radius 3 is 2.44 bits per heavy atom. The zero-order valence-corrected chi connectivity index (χ0v) is 11.4. The molecule has 0 bridgehead atoms. The van der Waals surface area contributed by atoms with Crippen molar-refractivity contribution in [3.8, 4) is 0 Å². The van der Waals surface area contributed by atoms with Crippen molar-refractivity contribution in [1.29, 1.82) is 0 Å². The molecule has 0 aromatic rings. The van der Waals surface area contributed by atoms with Gasteiger partial charge in [0.25, 0.3) is 0 Å². The van der Waals surface area contributed by atoms with Crippen molar-refractivity contribution >= 4 is 11.9 Å². The third kappa shape index (κ3) is 8.95. The lowest BCUT2D eigenvalue weighted by Gasteiger charge is -2.24. The van der Waals surface area contributed by atoms with Crippen LogP contribution < -0.4 is 11.1 Å². The molecule has 0 aromatic heterocycles. The summed E-state index contributed by atoms with van der Waals surface area (Å²) in [4.78, 5) is 22.0. The Labute approximate surface area is 108 Å². The van der Waals surface area contributed by atoms with E-state index in [1.165, 1.54) is 0 Å². The second kappa shape index (κ2) is 8.05. The Hall–Kier alpha value is -1.14. The van der Waals surface area contributed by atoms with Crippen LogP contribution in [0.1, 0.15) is 27.2 Å².